The lowest BCUT2D eigenvalue weighted by Gasteiger charge is -2.05. The van der Waals surface area contributed by atoms with E-state index in [1.54, 1.807) is 24.3 Å². The maximum atomic E-state index is 11.9. The Morgan fingerprint density at radius 2 is 1.74 bits per heavy atom. The minimum Gasteiger partial charge on any atom is -0.484 e. The molecule has 0 aliphatic heterocycles. The predicted octanol–water partition coefficient (Wildman–Crippen LogP) is 2.47. The van der Waals surface area contributed by atoms with Gasteiger partial charge in [-0.15, -0.1) is 5.10 Å². The fraction of sp³-hybridized carbons (Fsp3) is 0.167. The van der Waals surface area contributed by atoms with Crippen molar-refractivity contribution in [2.75, 3.05) is 18.2 Å². The molecule has 2 aromatic carbocycles. The molecule has 0 bridgehead atoms. The first-order valence-electron chi connectivity index (χ1n) is 7.94. The smallest absolute Gasteiger partial charge is 0.322 e. The van der Waals surface area contributed by atoms with Crippen LogP contribution >= 0.6 is 0 Å². The molecule has 140 valence electrons. The molecule has 1 N–H and O–H groups in total. The summed E-state index contributed by atoms with van der Waals surface area (Å²) in [5.74, 6) is 0.288. The van der Waals surface area contributed by atoms with Crippen LogP contribution in [0.3, 0.4) is 0 Å². The number of hydrogen-bond donors (Lipinski definition) is 1. The topological polar surface area (TPSA) is 111 Å². The molecule has 1 amide bonds. The molecule has 1 heterocycles. The molecule has 0 saturated heterocycles. The number of rotatable bonds is 6. The molecule has 0 aliphatic carbocycles. The second-order valence-electron chi connectivity index (χ2n) is 5.86. The van der Waals surface area contributed by atoms with Gasteiger partial charge in [0.15, 0.2) is 16.4 Å². The zero-order chi connectivity index (χ0) is 19.4. The van der Waals surface area contributed by atoms with Crippen LogP contribution in [-0.4, -0.2) is 37.4 Å². The van der Waals surface area contributed by atoms with Crippen LogP contribution in [0.25, 0.3) is 11.5 Å². The lowest BCUT2D eigenvalue weighted by atomic mass is 10.2. The maximum absolute atomic E-state index is 11.9. The van der Waals surface area contributed by atoms with Crippen LogP contribution in [-0.2, 0) is 14.6 Å². The normalized spacial score (nSPS) is 11.2. The van der Waals surface area contributed by atoms with Gasteiger partial charge in [0, 0.05) is 11.8 Å². The van der Waals surface area contributed by atoms with Gasteiger partial charge in [-0.3, -0.25) is 10.1 Å². The van der Waals surface area contributed by atoms with E-state index >= 15 is 0 Å². The van der Waals surface area contributed by atoms with Crippen LogP contribution in [0.1, 0.15) is 5.56 Å². The fourth-order valence-electron chi connectivity index (χ4n) is 2.17. The quantitative estimate of drug-likeness (QED) is 0.691. The summed E-state index contributed by atoms with van der Waals surface area (Å²) in [6, 6.07) is 13.2. The minimum atomic E-state index is -3.28. The molecule has 0 unspecified atom stereocenters. The molecule has 3 rings (SSSR count). The molecular weight excluding hydrogens is 370 g/mol. The first kappa shape index (κ1) is 18.6. The largest absolute Gasteiger partial charge is 0.484 e. The van der Waals surface area contributed by atoms with Crippen molar-refractivity contribution in [3.05, 3.63) is 54.1 Å². The highest BCUT2D eigenvalue weighted by Gasteiger charge is 2.13. The molecule has 0 saturated carbocycles. The third-order valence-corrected chi connectivity index (χ3v) is 4.72. The van der Waals surface area contributed by atoms with Crippen molar-refractivity contribution in [3.8, 4) is 17.2 Å². The van der Waals surface area contributed by atoms with Crippen LogP contribution in [0.2, 0.25) is 0 Å². The van der Waals surface area contributed by atoms with Gasteiger partial charge in [-0.1, -0.05) is 22.8 Å². The number of nitrogens with zero attached hydrogens (tertiary/aromatic N) is 2. The molecular formula is C18H17N3O5S. The molecule has 0 radical (unpaired) electrons. The summed E-state index contributed by atoms with van der Waals surface area (Å²) in [5.41, 5.74) is 1.63. The number of aryl methyl sites for hydroxylation is 1. The molecule has 3 aromatic rings. The SMILES string of the molecule is Cc1ccc(OCC(=O)Nc2nnc(-c3ccc(S(C)(=O)=O)cc3)o2)cc1. The Bertz CT molecular complexity index is 1040. The second kappa shape index (κ2) is 7.58. The summed E-state index contributed by atoms with van der Waals surface area (Å²) in [5, 5.41) is 10.0. The first-order chi connectivity index (χ1) is 12.8. The van der Waals surface area contributed by atoms with Gasteiger partial charge >= 0.3 is 6.01 Å². The Morgan fingerprint density at radius 1 is 1.07 bits per heavy atom. The number of aromatic nitrogens is 2. The highest BCUT2D eigenvalue weighted by Crippen LogP contribution is 2.21. The second-order valence-corrected chi connectivity index (χ2v) is 7.87. The number of hydrogen-bond acceptors (Lipinski definition) is 7. The number of sulfone groups is 1. The van der Waals surface area contributed by atoms with Crippen molar-refractivity contribution in [1.82, 2.24) is 10.2 Å². The van der Waals surface area contributed by atoms with E-state index in [0.717, 1.165) is 11.8 Å². The summed E-state index contributed by atoms with van der Waals surface area (Å²) >= 11 is 0. The molecule has 0 fully saturated rings. The Labute approximate surface area is 156 Å². The van der Waals surface area contributed by atoms with Gasteiger partial charge in [0.1, 0.15) is 5.75 Å². The van der Waals surface area contributed by atoms with Crippen LogP contribution in [0, 0.1) is 6.92 Å². The first-order valence-corrected chi connectivity index (χ1v) is 9.84. The van der Waals surface area contributed by atoms with Crippen molar-refractivity contribution in [1.29, 1.82) is 0 Å². The maximum Gasteiger partial charge on any atom is 0.322 e. The van der Waals surface area contributed by atoms with Crippen molar-refractivity contribution >= 4 is 21.8 Å². The van der Waals surface area contributed by atoms with E-state index in [1.807, 2.05) is 19.1 Å². The number of carbonyl (C=O) groups is 1. The van der Waals surface area contributed by atoms with Gasteiger partial charge in [-0.05, 0) is 43.3 Å². The van der Waals surface area contributed by atoms with Gasteiger partial charge in [-0.25, -0.2) is 8.42 Å². The van der Waals surface area contributed by atoms with Crippen molar-refractivity contribution in [2.24, 2.45) is 0 Å². The standard InChI is InChI=1S/C18H17N3O5S/c1-12-3-7-14(8-4-12)25-11-16(22)19-18-21-20-17(26-18)13-5-9-15(10-6-13)27(2,23)24/h3-10H,11H2,1-2H3,(H,19,21,22). The van der Waals surface area contributed by atoms with E-state index in [1.165, 1.54) is 12.1 Å². The lowest BCUT2D eigenvalue weighted by molar-refractivity contribution is -0.118. The van der Waals surface area contributed by atoms with E-state index in [9.17, 15) is 13.2 Å². The fourth-order valence-corrected chi connectivity index (χ4v) is 2.80. The van der Waals surface area contributed by atoms with E-state index in [4.69, 9.17) is 9.15 Å². The van der Waals surface area contributed by atoms with Crippen molar-refractivity contribution in [3.63, 3.8) is 0 Å². The van der Waals surface area contributed by atoms with Gasteiger partial charge in [0.05, 0.1) is 4.90 Å². The van der Waals surface area contributed by atoms with Crippen LogP contribution < -0.4 is 10.1 Å². The highest BCUT2D eigenvalue weighted by molar-refractivity contribution is 7.90. The number of carbonyl (C=O) groups excluding carboxylic acids is 1. The Hall–Kier alpha value is -3.20. The number of ether oxygens (including phenoxy) is 1. The number of nitrogens with one attached hydrogen (secondary N) is 1. The van der Waals surface area contributed by atoms with Gasteiger partial charge in [0.2, 0.25) is 5.89 Å². The summed E-state index contributed by atoms with van der Waals surface area (Å²) < 4.78 is 33.7. The van der Waals surface area contributed by atoms with Crippen LogP contribution in [0.5, 0.6) is 5.75 Å². The third kappa shape index (κ3) is 4.91. The molecule has 8 nitrogen and oxygen atoms in total. The number of benzene rings is 2. The molecule has 9 heteroatoms. The van der Waals surface area contributed by atoms with Crippen molar-refractivity contribution < 1.29 is 22.4 Å². The minimum absolute atomic E-state index is 0.0744. The monoisotopic (exact) mass is 387 g/mol. The predicted molar refractivity (Wildman–Crippen MR) is 98.1 cm³/mol. The molecule has 0 spiro atoms. The summed E-state index contributed by atoms with van der Waals surface area (Å²) in [7, 11) is -3.28. The zero-order valence-corrected chi connectivity index (χ0v) is 15.5. The number of anilines is 1. The van der Waals surface area contributed by atoms with Crippen molar-refractivity contribution in [2.45, 2.75) is 11.8 Å². The van der Waals surface area contributed by atoms with E-state index in [-0.39, 0.29) is 23.4 Å². The van der Waals surface area contributed by atoms with Crippen LogP contribution in [0.15, 0.2) is 57.8 Å². The third-order valence-electron chi connectivity index (χ3n) is 3.59. The lowest BCUT2D eigenvalue weighted by Crippen LogP contribution is -2.20. The van der Waals surface area contributed by atoms with E-state index in [0.29, 0.717) is 11.3 Å². The summed E-state index contributed by atoms with van der Waals surface area (Å²) in [6.07, 6.45) is 1.13. The summed E-state index contributed by atoms with van der Waals surface area (Å²) in [4.78, 5) is 12.1. The van der Waals surface area contributed by atoms with Gasteiger partial charge < -0.3 is 9.15 Å². The Morgan fingerprint density at radius 3 is 2.37 bits per heavy atom. The van der Waals surface area contributed by atoms with Gasteiger partial charge in [0.25, 0.3) is 5.91 Å². The highest BCUT2D eigenvalue weighted by atomic mass is 32.2. The van der Waals surface area contributed by atoms with E-state index in [2.05, 4.69) is 15.5 Å². The molecule has 0 atom stereocenters. The zero-order valence-electron chi connectivity index (χ0n) is 14.7. The van der Waals surface area contributed by atoms with E-state index < -0.39 is 15.7 Å². The van der Waals surface area contributed by atoms with Crippen LogP contribution in [0.4, 0.5) is 6.01 Å². The molecule has 1 aromatic heterocycles. The average molecular weight is 387 g/mol. The Balaban J connectivity index is 1.60. The summed E-state index contributed by atoms with van der Waals surface area (Å²) in [6.45, 7) is 1.75. The molecule has 27 heavy (non-hydrogen) atoms. The average Bonchev–Trinajstić information content (AvgIpc) is 3.09. The molecule has 0 aliphatic rings. The Kier molecular flexibility index (Phi) is 5.22. The number of amides is 1. The van der Waals surface area contributed by atoms with Gasteiger partial charge in [-0.2, -0.15) is 0 Å².